The summed E-state index contributed by atoms with van der Waals surface area (Å²) in [5.41, 5.74) is 2.50. The normalized spacial score (nSPS) is 20.5. The molecule has 164 valence electrons. The summed E-state index contributed by atoms with van der Waals surface area (Å²) in [5.74, 6) is -0.378. The predicted octanol–water partition coefficient (Wildman–Crippen LogP) is 5.97. The van der Waals surface area contributed by atoms with Crippen LogP contribution in [0.25, 0.3) is 0 Å². The Balaban J connectivity index is 1.49. The second kappa shape index (κ2) is 9.91. The van der Waals surface area contributed by atoms with E-state index in [0.29, 0.717) is 17.1 Å². The first kappa shape index (κ1) is 23.2. The topological polar surface area (TPSA) is 49.4 Å². The van der Waals surface area contributed by atoms with Gasteiger partial charge in [-0.3, -0.25) is 14.5 Å². The highest BCUT2D eigenvalue weighted by Crippen LogP contribution is 2.45. The number of ketones is 1. The largest absolute Gasteiger partial charge is 0.328 e. The molecule has 2 aliphatic heterocycles. The van der Waals surface area contributed by atoms with Crippen molar-refractivity contribution in [1.82, 2.24) is 10.2 Å². The van der Waals surface area contributed by atoms with E-state index in [9.17, 15) is 9.59 Å². The third kappa shape index (κ3) is 5.01. The number of amides is 1. The molecule has 0 saturated carbocycles. The maximum absolute atomic E-state index is 13.2. The summed E-state index contributed by atoms with van der Waals surface area (Å²) >= 11 is 16.8. The van der Waals surface area contributed by atoms with Gasteiger partial charge in [0.25, 0.3) is 5.91 Å². The van der Waals surface area contributed by atoms with Crippen molar-refractivity contribution in [3.8, 4) is 0 Å². The van der Waals surface area contributed by atoms with Gasteiger partial charge in [-0.05, 0) is 70.8 Å². The highest BCUT2D eigenvalue weighted by Gasteiger charge is 2.38. The molecular formula is C24H20BrClN2O2S2. The van der Waals surface area contributed by atoms with Crippen LogP contribution < -0.4 is 5.32 Å². The summed E-state index contributed by atoms with van der Waals surface area (Å²) in [7, 11) is 0. The molecule has 0 aromatic heterocycles. The minimum atomic E-state index is -0.640. The van der Waals surface area contributed by atoms with E-state index in [1.54, 1.807) is 11.8 Å². The van der Waals surface area contributed by atoms with Gasteiger partial charge in [-0.2, -0.15) is 0 Å². The molecule has 2 aliphatic rings. The van der Waals surface area contributed by atoms with Gasteiger partial charge < -0.3 is 5.32 Å². The number of nitrogens with one attached hydrogen (secondary N) is 1. The molecule has 0 radical (unpaired) electrons. The maximum Gasteiger partial charge on any atom is 0.277 e. The number of Topliss-reactive ketones (excluding diaryl/α,β-unsaturated/α-hetero) is 1. The molecule has 32 heavy (non-hydrogen) atoms. The average molecular weight is 548 g/mol. The number of allylic oxidation sites excluding steroid dienone is 2. The Morgan fingerprint density at radius 3 is 2.78 bits per heavy atom. The lowest BCUT2D eigenvalue weighted by molar-refractivity contribution is -0.130. The van der Waals surface area contributed by atoms with Gasteiger partial charge in [0, 0.05) is 21.0 Å². The van der Waals surface area contributed by atoms with Crippen LogP contribution >= 0.6 is 51.5 Å². The van der Waals surface area contributed by atoms with Crippen LogP contribution in [0.4, 0.5) is 0 Å². The fraction of sp³-hybridized carbons (Fsp3) is 0.208. The Labute approximate surface area is 210 Å². The van der Waals surface area contributed by atoms with Crippen LogP contribution in [-0.2, 0) is 16.0 Å². The van der Waals surface area contributed by atoms with Crippen molar-refractivity contribution in [3.63, 3.8) is 0 Å². The molecule has 1 amide bonds. The predicted molar refractivity (Wildman–Crippen MR) is 137 cm³/mol. The molecule has 1 N–H and O–H groups in total. The molecule has 0 spiro atoms. The fourth-order valence-corrected chi connectivity index (χ4v) is 5.66. The van der Waals surface area contributed by atoms with E-state index < -0.39 is 6.04 Å². The second-order valence-electron chi connectivity index (χ2n) is 7.60. The van der Waals surface area contributed by atoms with E-state index in [2.05, 4.69) is 33.4 Å². The smallest absolute Gasteiger partial charge is 0.277 e. The van der Waals surface area contributed by atoms with Crippen molar-refractivity contribution < 1.29 is 9.59 Å². The first-order valence-corrected chi connectivity index (χ1v) is 12.5. The number of hydrogen-bond donors (Lipinski definition) is 1. The maximum atomic E-state index is 13.2. The molecule has 1 fully saturated rings. The summed E-state index contributed by atoms with van der Waals surface area (Å²) < 4.78 is 0.867. The van der Waals surface area contributed by atoms with Gasteiger partial charge in [-0.1, -0.05) is 54.1 Å². The van der Waals surface area contributed by atoms with Crippen LogP contribution in [-0.4, -0.2) is 27.7 Å². The zero-order valence-electron chi connectivity index (χ0n) is 17.2. The van der Waals surface area contributed by atoms with E-state index in [-0.39, 0.29) is 22.1 Å². The van der Waals surface area contributed by atoms with Gasteiger partial charge in [0.05, 0.1) is 5.02 Å². The minimum absolute atomic E-state index is 0.103. The number of nitrogens with zero attached hydrogens (tertiary/aromatic N) is 1. The van der Waals surface area contributed by atoms with Gasteiger partial charge in [0.15, 0.2) is 10.9 Å². The first-order chi connectivity index (χ1) is 15.3. The number of thioether (sulfide) groups is 1. The van der Waals surface area contributed by atoms with Crippen LogP contribution in [0, 0.1) is 0 Å². The summed E-state index contributed by atoms with van der Waals surface area (Å²) in [6.45, 7) is 1.49. The SMILES string of the molecule is CC(=O)C(Cc1ccccc1)N1C(=O)/C(=C\C2=CCC(c3ccc(Br)c(Cl)c3)S2)NC1=S. The van der Waals surface area contributed by atoms with Crippen LogP contribution in [0.2, 0.25) is 5.02 Å². The van der Waals surface area contributed by atoms with Gasteiger partial charge in [-0.15, -0.1) is 11.8 Å². The van der Waals surface area contributed by atoms with Crippen molar-refractivity contribution in [2.45, 2.75) is 31.1 Å². The van der Waals surface area contributed by atoms with Gasteiger partial charge in [0.1, 0.15) is 11.7 Å². The number of carbonyl (C=O) groups excluding carboxylic acids is 2. The van der Waals surface area contributed by atoms with Gasteiger partial charge in [-0.25, -0.2) is 0 Å². The van der Waals surface area contributed by atoms with Crippen LogP contribution in [0.1, 0.15) is 29.7 Å². The Morgan fingerprint density at radius 2 is 2.09 bits per heavy atom. The minimum Gasteiger partial charge on any atom is -0.328 e. The first-order valence-electron chi connectivity index (χ1n) is 10.1. The average Bonchev–Trinajstić information content (AvgIpc) is 3.34. The molecule has 2 heterocycles. The number of thiocarbonyl (C=S) groups is 1. The lowest BCUT2D eigenvalue weighted by atomic mass is 10.0. The van der Waals surface area contributed by atoms with Crippen LogP contribution in [0.15, 0.2) is 75.8 Å². The number of rotatable bonds is 6. The number of halogens is 2. The molecule has 4 nitrogen and oxygen atoms in total. The van der Waals surface area contributed by atoms with Crippen LogP contribution in [0.5, 0.6) is 0 Å². The summed E-state index contributed by atoms with van der Waals surface area (Å²) in [6.07, 6.45) is 5.18. The summed E-state index contributed by atoms with van der Waals surface area (Å²) in [4.78, 5) is 28.0. The highest BCUT2D eigenvalue weighted by atomic mass is 79.9. The second-order valence-corrected chi connectivity index (χ2v) is 10.5. The molecule has 0 aliphatic carbocycles. The zero-order chi connectivity index (χ0) is 22.8. The van der Waals surface area contributed by atoms with E-state index in [1.807, 2.05) is 48.5 Å². The molecule has 8 heteroatoms. The summed E-state index contributed by atoms with van der Waals surface area (Å²) in [5, 5.41) is 4.18. The van der Waals surface area contributed by atoms with Crippen molar-refractivity contribution in [2.24, 2.45) is 0 Å². The molecule has 4 rings (SSSR count). The van der Waals surface area contributed by atoms with Crippen molar-refractivity contribution in [3.05, 3.63) is 91.9 Å². The summed E-state index contributed by atoms with van der Waals surface area (Å²) in [6, 6.07) is 15.0. The third-order valence-electron chi connectivity index (χ3n) is 5.38. The van der Waals surface area contributed by atoms with Crippen molar-refractivity contribution in [1.29, 1.82) is 0 Å². The Bertz CT molecular complexity index is 1150. The Hall–Kier alpha value is -1.93. The zero-order valence-corrected chi connectivity index (χ0v) is 21.2. The molecule has 1 saturated heterocycles. The Morgan fingerprint density at radius 1 is 1.34 bits per heavy atom. The number of benzene rings is 2. The number of hydrogen-bond acceptors (Lipinski definition) is 4. The van der Waals surface area contributed by atoms with E-state index in [4.69, 9.17) is 23.8 Å². The quantitative estimate of drug-likeness (QED) is 0.357. The lowest BCUT2D eigenvalue weighted by Crippen LogP contribution is -2.45. The molecule has 2 aromatic rings. The van der Waals surface area contributed by atoms with Gasteiger partial charge in [0.2, 0.25) is 0 Å². The standard InChI is InChI=1S/C24H20BrClN2O2S2/c1-14(29)21(11-15-5-3-2-4-6-15)28-23(30)20(27-24(28)31)13-17-8-10-22(32-17)16-7-9-18(25)19(26)12-16/h2-9,12-13,21-22H,10-11H2,1H3,(H,27,31)/b20-13+. The lowest BCUT2D eigenvalue weighted by Gasteiger charge is -2.24. The number of carbonyl (C=O) groups is 2. The monoisotopic (exact) mass is 546 g/mol. The van der Waals surface area contributed by atoms with Crippen molar-refractivity contribution in [2.75, 3.05) is 0 Å². The van der Waals surface area contributed by atoms with E-state index >= 15 is 0 Å². The van der Waals surface area contributed by atoms with Crippen molar-refractivity contribution >= 4 is 68.3 Å². The van der Waals surface area contributed by atoms with E-state index in [0.717, 1.165) is 26.9 Å². The molecule has 2 unspecified atom stereocenters. The molecule has 0 bridgehead atoms. The Kier molecular flexibility index (Phi) is 7.20. The highest BCUT2D eigenvalue weighted by molar-refractivity contribution is 9.10. The third-order valence-corrected chi connectivity index (χ3v) is 8.21. The molecule has 2 atom stereocenters. The van der Waals surface area contributed by atoms with Crippen LogP contribution in [0.3, 0.4) is 0 Å². The molecular weight excluding hydrogens is 528 g/mol. The van der Waals surface area contributed by atoms with Gasteiger partial charge >= 0.3 is 0 Å². The fourth-order valence-electron chi connectivity index (χ4n) is 3.72. The van der Waals surface area contributed by atoms with E-state index in [1.165, 1.54) is 11.8 Å². The molecule has 2 aromatic carbocycles.